The molecule has 0 bridgehead atoms. The number of hydrogen-bond donors (Lipinski definition) is 3. The summed E-state index contributed by atoms with van der Waals surface area (Å²) < 4.78 is 0. The second-order valence-corrected chi connectivity index (χ2v) is 5.53. The molecule has 6 nitrogen and oxygen atoms in total. The number of likely N-dealkylation sites (tertiary alicyclic amines) is 1. The van der Waals surface area contributed by atoms with Gasteiger partial charge in [0.15, 0.2) is 5.11 Å². The second kappa shape index (κ2) is 8.33. The van der Waals surface area contributed by atoms with Gasteiger partial charge >= 0.3 is 0 Å². The molecular formula is C15H20N4O2S. The van der Waals surface area contributed by atoms with Gasteiger partial charge in [-0.3, -0.25) is 20.4 Å². The lowest BCUT2D eigenvalue weighted by atomic mass is 10.2. The molecule has 0 aromatic heterocycles. The summed E-state index contributed by atoms with van der Waals surface area (Å²) >= 11 is 5.09. The molecule has 0 aliphatic carbocycles. The Bertz CT molecular complexity index is 536. The lowest BCUT2D eigenvalue weighted by Gasteiger charge is -2.20. The minimum Gasteiger partial charge on any atom is -0.333 e. The number of carbonyl (C=O) groups is 2. The molecule has 0 spiro atoms. The summed E-state index contributed by atoms with van der Waals surface area (Å²) in [7, 11) is 0. The Morgan fingerprint density at radius 3 is 2.68 bits per heavy atom. The van der Waals surface area contributed by atoms with Crippen LogP contribution in [0.1, 0.15) is 25.7 Å². The minimum absolute atomic E-state index is 0.0395. The van der Waals surface area contributed by atoms with Crippen LogP contribution >= 0.6 is 12.2 Å². The number of nitrogens with zero attached hydrogens (tertiary/aromatic N) is 1. The van der Waals surface area contributed by atoms with Crippen molar-refractivity contribution in [3.8, 4) is 0 Å². The molecule has 118 valence electrons. The zero-order valence-corrected chi connectivity index (χ0v) is 13.1. The summed E-state index contributed by atoms with van der Waals surface area (Å²) in [5.74, 6) is -0.245. The SMILES string of the molecule is O=C(CN1CCCCCC1=O)NNC(=S)Nc1ccccc1. The Balaban J connectivity index is 1.72. The van der Waals surface area contributed by atoms with Gasteiger partial charge in [-0.1, -0.05) is 24.6 Å². The molecule has 0 saturated carbocycles. The largest absolute Gasteiger partial charge is 0.333 e. The van der Waals surface area contributed by atoms with Crippen LogP contribution in [-0.4, -0.2) is 34.9 Å². The summed E-state index contributed by atoms with van der Waals surface area (Å²) in [6.07, 6.45) is 3.41. The number of hydrazine groups is 1. The number of carbonyl (C=O) groups excluding carboxylic acids is 2. The van der Waals surface area contributed by atoms with E-state index in [0.29, 0.717) is 18.1 Å². The highest BCUT2D eigenvalue weighted by Gasteiger charge is 2.19. The van der Waals surface area contributed by atoms with Crippen molar-refractivity contribution in [2.45, 2.75) is 25.7 Å². The summed E-state index contributed by atoms with van der Waals surface area (Å²) in [4.78, 5) is 25.3. The van der Waals surface area contributed by atoms with Crippen molar-refractivity contribution in [2.24, 2.45) is 0 Å². The third-order valence-corrected chi connectivity index (χ3v) is 3.56. The molecule has 1 aromatic rings. The van der Waals surface area contributed by atoms with Gasteiger partial charge in [-0.05, 0) is 37.2 Å². The van der Waals surface area contributed by atoms with Gasteiger partial charge in [-0.15, -0.1) is 0 Å². The average Bonchev–Trinajstić information content (AvgIpc) is 2.71. The van der Waals surface area contributed by atoms with E-state index in [1.54, 1.807) is 4.90 Å². The number of thiocarbonyl (C=S) groups is 1. The zero-order valence-electron chi connectivity index (χ0n) is 12.3. The van der Waals surface area contributed by atoms with Crippen LogP contribution in [0.2, 0.25) is 0 Å². The van der Waals surface area contributed by atoms with Crippen molar-refractivity contribution >= 4 is 34.8 Å². The highest BCUT2D eigenvalue weighted by Crippen LogP contribution is 2.10. The molecular weight excluding hydrogens is 300 g/mol. The Hall–Kier alpha value is -2.15. The number of benzene rings is 1. The number of nitrogens with one attached hydrogen (secondary N) is 3. The van der Waals surface area contributed by atoms with Crippen LogP contribution in [0.3, 0.4) is 0 Å². The lowest BCUT2D eigenvalue weighted by Crippen LogP contribution is -2.48. The summed E-state index contributed by atoms with van der Waals surface area (Å²) in [6, 6.07) is 9.40. The first-order chi connectivity index (χ1) is 10.6. The van der Waals surface area contributed by atoms with Gasteiger partial charge < -0.3 is 10.2 Å². The van der Waals surface area contributed by atoms with E-state index in [-0.39, 0.29) is 18.4 Å². The maximum atomic E-state index is 11.9. The van der Waals surface area contributed by atoms with E-state index >= 15 is 0 Å². The van der Waals surface area contributed by atoms with Crippen LogP contribution in [0, 0.1) is 0 Å². The van der Waals surface area contributed by atoms with E-state index in [9.17, 15) is 9.59 Å². The standard InChI is InChI=1S/C15H20N4O2S/c20-13(11-19-10-6-2-5-9-14(19)21)17-18-15(22)16-12-7-3-1-4-8-12/h1,3-4,7-8H,2,5-6,9-11H2,(H,17,20)(H2,16,18,22). The molecule has 2 rings (SSSR count). The fourth-order valence-electron chi connectivity index (χ4n) is 2.23. The van der Waals surface area contributed by atoms with Crippen molar-refractivity contribution in [3.63, 3.8) is 0 Å². The first-order valence-corrected chi connectivity index (χ1v) is 7.74. The quantitative estimate of drug-likeness (QED) is 0.580. The summed E-state index contributed by atoms with van der Waals surface area (Å²) in [6.45, 7) is 0.693. The van der Waals surface area contributed by atoms with Gasteiger partial charge in [0.2, 0.25) is 5.91 Å². The molecule has 1 saturated heterocycles. The highest BCUT2D eigenvalue weighted by atomic mass is 32.1. The molecule has 3 N–H and O–H groups in total. The lowest BCUT2D eigenvalue weighted by molar-refractivity contribution is -0.135. The van der Waals surface area contributed by atoms with Gasteiger partial charge in [0, 0.05) is 18.7 Å². The van der Waals surface area contributed by atoms with E-state index in [1.807, 2.05) is 30.3 Å². The van der Waals surface area contributed by atoms with Crippen molar-refractivity contribution in [3.05, 3.63) is 30.3 Å². The zero-order chi connectivity index (χ0) is 15.8. The Kier molecular flexibility index (Phi) is 6.14. The molecule has 1 aliphatic heterocycles. The average molecular weight is 320 g/mol. The van der Waals surface area contributed by atoms with Gasteiger partial charge in [0.05, 0.1) is 0 Å². The van der Waals surface area contributed by atoms with E-state index in [0.717, 1.165) is 24.9 Å². The smallest absolute Gasteiger partial charge is 0.257 e. The Morgan fingerprint density at radius 1 is 1.14 bits per heavy atom. The van der Waals surface area contributed by atoms with E-state index < -0.39 is 0 Å². The van der Waals surface area contributed by atoms with Crippen LogP contribution < -0.4 is 16.2 Å². The molecule has 1 aromatic carbocycles. The molecule has 0 radical (unpaired) electrons. The number of hydrogen-bond acceptors (Lipinski definition) is 3. The van der Waals surface area contributed by atoms with Crippen LogP contribution in [0.4, 0.5) is 5.69 Å². The minimum atomic E-state index is -0.285. The monoisotopic (exact) mass is 320 g/mol. The summed E-state index contributed by atoms with van der Waals surface area (Å²) in [5.41, 5.74) is 5.97. The Morgan fingerprint density at radius 2 is 1.91 bits per heavy atom. The third-order valence-electron chi connectivity index (χ3n) is 3.35. The van der Waals surface area contributed by atoms with Crippen molar-refractivity contribution in [2.75, 3.05) is 18.4 Å². The van der Waals surface area contributed by atoms with Gasteiger partial charge in [0.1, 0.15) is 6.54 Å². The molecule has 7 heteroatoms. The van der Waals surface area contributed by atoms with Gasteiger partial charge in [-0.2, -0.15) is 0 Å². The maximum absolute atomic E-state index is 11.9. The number of amides is 2. The molecule has 1 heterocycles. The molecule has 2 amide bonds. The Labute approximate surface area is 135 Å². The summed E-state index contributed by atoms with van der Waals surface area (Å²) in [5, 5.41) is 3.24. The van der Waals surface area contributed by atoms with E-state index in [2.05, 4.69) is 16.2 Å². The molecule has 1 aliphatic rings. The third kappa shape index (κ3) is 5.33. The first-order valence-electron chi connectivity index (χ1n) is 7.34. The normalized spacial score (nSPS) is 14.9. The number of anilines is 1. The molecule has 0 unspecified atom stereocenters. The molecule has 0 atom stereocenters. The van der Waals surface area contributed by atoms with E-state index in [4.69, 9.17) is 12.2 Å². The first kappa shape index (κ1) is 16.2. The molecule has 1 fully saturated rings. The molecule has 22 heavy (non-hydrogen) atoms. The van der Waals surface area contributed by atoms with Crippen molar-refractivity contribution in [1.29, 1.82) is 0 Å². The predicted octanol–water partition coefficient (Wildman–Crippen LogP) is 1.41. The van der Waals surface area contributed by atoms with Crippen molar-refractivity contribution in [1.82, 2.24) is 15.8 Å². The van der Waals surface area contributed by atoms with E-state index in [1.165, 1.54) is 0 Å². The predicted molar refractivity (Wildman–Crippen MR) is 89.0 cm³/mol. The fourth-order valence-corrected chi connectivity index (χ4v) is 2.40. The van der Waals surface area contributed by atoms with Crippen LogP contribution in [0.25, 0.3) is 0 Å². The van der Waals surface area contributed by atoms with Crippen molar-refractivity contribution < 1.29 is 9.59 Å². The number of para-hydroxylation sites is 1. The van der Waals surface area contributed by atoms with Gasteiger partial charge in [-0.25, -0.2) is 0 Å². The number of rotatable bonds is 3. The van der Waals surface area contributed by atoms with Gasteiger partial charge in [0.25, 0.3) is 5.91 Å². The topological polar surface area (TPSA) is 73.5 Å². The second-order valence-electron chi connectivity index (χ2n) is 5.12. The highest BCUT2D eigenvalue weighted by molar-refractivity contribution is 7.80. The van der Waals surface area contributed by atoms with Crippen LogP contribution in [0.15, 0.2) is 30.3 Å². The fraction of sp³-hybridized carbons (Fsp3) is 0.400. The van der Waals surface area contributed by atoms with Crippen LogP contribution in [-0.2, 0) is 9.59 Å². The van der Waals surface area contributed by atoms with Crippen LogP contribution in [0.5, 0.6) is 0 Å². The maximum Gasteiger partial charge on any atom is 0.257 e.